The van der Waals surface area contributed by atoms with Crippen molar-refractivity contribution in [1.29, 1.82) is 0 Å². The maximum absolute atomic E-state index is 12.7. The molecule has 0 saturated carbocycles. The number of furan rings is 1. The zero-order chi connectivity index (χ0) is 20.8. The Labute approximate surface area is 180 Å². The number of aryl methyl sites for hydroxylation is 1. The van der Waals surface area contributed by atoms with Gasteiger partial charge in [0.05, 0.1) is 5.56 Å². The van der Waals surface area contributed by atoms with E-state index in [0.717, 1.165) is 4.88 Å². The summed E-state index contributed by atoms with van der Waals surface area (Å²) in [5.74, 6) is 0.0825. The van der Waals surface area contributed by atoms with Gasteiger partial charge in [0, 0.05) is 27.4 Å². The number of allylic oxidation sites excluding steroid dienone is 1. The molecule has 0 fully saturated rings. The summed E-state index contributed by atoms with van der Waals surface area (Å²) in [6.07, 6.45) is 1.71. The van der Waals surface area contributed by atoms with E-state index in [2.05, 4.69) is 0 Å². The SMILES string of the molecule is Cc1cc(OC(=O)c2cc3cc(Cl)ccc3o2)cc2c1C(=O)/C(=C/c1cccs1)O2. The van der Waals surface area contributed by atoms with Gasteiger partial charge in [0.25, 0.3) is 0 Å². The third kappa shape index (κ3) is 3.30. The zero-order valence-corrected chi connectivity index (χ0v) is 17.2. The number of thiophene rings is 1. The molecule has 5 rings (SSSR count). The van der Waals surface area contributed by atoms with Crippen molar-refractivity contribution >= 4 is 51.7 Å². The molecule has 2 aromatic carbocycles. The van der Waals surface area contributed by atoms with Crippen LogP contribution in [0, 0.1) is 6.92 Å². The zero-order valence-electron chi connectivity index (χ0n) is 15.6. The van der Waals surface area contributed by atoms with Crippen molar-refractivity contribution in [3.8, 4) is 11.5 Å². The van der Waals surface area contributed by atoms with Gasteiger partial charge in [0.1, 0.15) is 17.1 Å². The molecule has 0 spiro atoms. The lowest BCUT2D eigenvalue weighted by Crippen LogP contribution is -2.07. The molecule has 0 N–H and O–H groups in total. The van der Waals surface area contributed by atoms with Crippen LogP contribution in [0.1, 0.15) is 31.4 Å². The molecule has 0 radical (unpaired) electrons. The summed E-state index contributed by atoms with van der Waals surface area (Å²) in [6.45, 7) is 1.77. The van der Waals surface area contributed by atoms with Crippen molar-refractivity contribution in [3.63, 3.8) is 0 Å². The Hall–Kier alpha value is -3.35. The number of rotatable bonds is 3. The van der Waals surface area contributed by atoms with Gasteiger partial charge in [0.15, 0.2) is 5.76 Å². The first-order valence-corrected chi connectivity index (χ1v) is 10.3. The molecule has 0 amide bonds. The molecule has 1 aliphatic heterocycles. The van der Waals surface area contributed by atoms with Crippen LogP contribution in [0.25, 0.3) is 17.0 Å². The number of esters is 1. The topological polar surface area (TPSA) is 65.7 Å². The van der Waals surface area contributed by atoms with Gasteiger partial charge in [-0.1, -0.05) is 17.7 Å². The number of hydrogen-bond donors (Lipinski definition) is 0. The number of hydrogen-bond acceptors (Lipinski definition) is 6. The number of Topliss-reactive ketones (excluding diaryl/α,β-unsaturated/α-hetero) is 1. The molecule has 2 aromatic heterocycles. The van der Waals surface area contributed by atoms with Gasteiger partial charge in [0.2, 0.25) is 11.5 Å². The molecule has 0 saturated heterocycles. The van der Waals surface area contributed by atoms with Gasteiger partial charge in [-0.15, -0.1) is 11.3 Å². The molecule has 3 heterocycles. The highest BCUT2D eigenvalue weighted by atomic mass is 35.5. The van der Waals surface area contributed by atoms with Crippen LogP contribution in [0.2, 0.25) is 5.02 Å². The van der Waals surface area contributed by atoms with E-state index in [1.54, 1.807) is 43.3 Å². The number of benzene rings is 2. The summed E-state index contributed by atoms with van der Waals surface area (Å²) in [7, 11) is 0. The van der Waals surface area contributed by atoms with Crippen molar-refractivity contribution in [1.82, 2.24) is 0 Å². The fraction of sp³-hybridized carbons (Fsp3) is 0.0435. The highest BCUT2D eigenvalue weighted by Gasteiger charge is 2.30. The van der Waals surface area contributed by atoms with Crippen molar-refractivity contribution < 1.29 is 23.5 Å². The van der Waals surface area contributed by atoms with Gasteiger partial charge < -0.3 is 13.9 Å². The minimum atomic E-state index is -0.652. The third-order valence-corrected chi connectivity index (χ3v) is 5.70. The van der Waals surface area contributed by atoms with Crippen LogP contribution in [0.15, 0.2) is 64.1 Å². The molecule has 30 heavy (non-hydrogen) atoms. The van der Waals surface area contributed by atoms with Gasteiger partial charge in [-0.25, -0.2) is 4.79 Å². The van der Waals surface area contributed by atoms with Gasteiger partial charge in [-0.2, -0.15) is 0 Å². The molecule has 7 heteroatoms. The first-order chi connectivity index (χ1) is 14.5. The largest absolute Gasteiger partial charge is 0.452 e. The van der Waals surface area contributed by atoms with E-state index < -0.39 is 5.97 Å². The lowest BCUT2D eigenvalue weighted by atomic mass is 10.0. The van der Waals surface area contributed by atoms with E-state index in [4.69, 9.17) is 25.5 Å². The van der Waals surface area contributed by atoms with Crippen molar-refractivity contribution in [2.24, 2.45) is 0 Å². The number of ketones is 1. The fourth-order valence-corrected chi connectivity index (χ4v) is 4.14. The summed E-state index contributed by atoms with van der Waals surface area (Å²) in [6, 6.07) is 13.6. The average Bonchev–Trinajstić information content (AvgIpc) is 3.41. The van der Waals surface area contributed by atoms with Crippen LogP contribution in [0.3, 0.4) is 0 Å². The maximum atomic E-state index is 12.7. The molecule has 148 valence electrons. The minimum absolute atomic E-state index is 0.0562. The normalized spacial score (nSPS) is 14.2. The van der Waals surface area contributed by atoms with E-state index in [-0.39, 0.29) is 23.1 Å². The Morgan fingerprint density at radius 1 is 1.17 bits per heavy atom. The van der Waals surface area contributed by atoms with E-state index in [0.29, 0.717) is 32.9 Å². The standard InChI is InChI=1S/C23H13ClO5S/c1-12-7-15(27-23(26)20-9-13-8-14(24)4-5-17(13)28-20)10-18-21(12)22(25)19(29-18)11-16-3-2-6-30-16/h2-11H,1H3/b19-11-. The predicted molar refractivity (Wildman–Crippen MR) is 115 cm³/mol. The quantitative estimate of drug-likeness (QED) is 0.214. The Morgan fingerprint density at radius 2 is 2.03 bits per heavy atom. The van der Waals surface area contributed by atoms with Crippen LogP contribution < -0.4 is 9.47 Å². The van der Waals surface area contributed by atoms with Crippen molar-refractivity contribution in [3.05, 3.63) is 86.5 Å². The molecule has 4 aromatic rings. The first kappa shape index (κ1) is 18.7. The summed E-state index contributed by atoms with van der Waals surface area (Å²) in [4.78, 5) is 26.2. The monoisotopic (exact) mass is 436 g/mol. The second-order valence-corrected chi connectivity index (χ2v) is 8.17. The van der Waals surface area contributed by atoms with E-state index in [1.165, 1.54) is 17.4 Å². The summed E-state index contributed by atoms with van der Waals surface area (Å²) in [5, 5.41) is 3.18. The van der Waals surface area contributed by atoms with Crippen LogP contribution in [-0.4, -0.2) is 11.8 Å². The molecule has 0 unspecified atom stereocenters. The van der Waals surface area contributed by atoms with Crippen molar-refractivity contribution in [2.75, 3.05) is 0 Å². The predicted octanol–water partition coefficient (Wildman–Crippen LogP) is 6.29. The van der Waals surface area contributed by atoms with Crippen LogP contribution in [0.5, 0.6) is 11.5 Å². The number of carbonyl (C=O) groups is 2. The number of carbonyl (C=O) groups excluding carboxylic acids is 2. The second kappa shape index (κ2) is 7.16. The van der Waals surface area contributed by atoms with E-state index in [1.807, 2.05) is 17.5 Å². The van der Waals surface area contributed by atoms with E-state index >= 15 is 0 Å². The van der Waals surface area contributed by atoms with E-state index in [9.17, 15) is 9.59 Å². The summed E-state index contributed by atoms with van der Waals surface area (Å²) < 4.78 is 16.8. The summed E-state index contributed by atoms with van der Waals surface area (Å²) >= 11 is 7.48. The third-order valence-electron chi connectivity index (χ3n) is 4.65. The molecule has 5 nitrogen and oxygen atoms in total. The van der Waals surface area contributed by atoms with Crippen LogP contribution in [-0.2, 0) is 0 Å². The van der Waals surface area contributed by atoms with Gasteiger partial charge in [-0.3, -0.25) is 4.79 Å². The Kier molecular flexibility index (Phi) is 4.46. The highest BCUT2D eigenvalue weighted by molar-refractivity contribution is 7.10. The van der Waals surface area contributed by atoms with Gasteiger partial charge >= 0.3 is 5.97 Å². The lowest BCUT2D eigenvalue weighted by Gasteiger charge is -2.06. The lowest BCUT2D eigenvalue weighted by molar-refractivity contribution is 0.0703. The Morgan fingerprint density at radius 3 is 2.83 bits per heavy atom. The fourth-order valence-electron chi connectivity index (χ4n) is 3.31. The minimum Gasteiger partial charge on any atom is -0.452 e. The number of ether oxygens (including phenoxy) is 2. The van der Waals surface area contributed by atoms with Crippen molar-refractivity contribution in [2.45, 2.75) is 6.92 Å². The first-order valence-electron chi connectivity index (χ1n) is 9.01. The second-order valence-electron chi connectivity index (χ2n) is 6.75. The van der Waals surface area contributed by atoms with Crippen LogP contribution in [0.4, 0.5) is 0 Å². The van der Waals surface area contributed by atoms with Gasteiger partial charge in [-0.05, 0) is 54.3 Å². The smallest absolute Gasteiger partial charge is 0.379 e. The molecule has 0 bridgehead atoms. The maximum Gasteiger partial charge on any atom is 0.379 e. The molecule has 0 aliphatic carbocycles. The molecule has 0 atom stereocenters. The highest BCUT2D eigenvalue weighted by Crippen LogP contribution is 2.38. The Balaban J connectivity index is 1.42. The average molecular weight is 437 g/mol. The summed E-state index contributed by atoms with van der Waals surface area (Å²) in [5.41, 5.74) is 1.66. The number of fused-ring (bicyclic) bond motifs is 2. The molecular weight excluding hydrogens is 424 g/mol. The Bertz CT molecular complexity index is 1350. The molecule has 1 aliphatic rings. The van der Waals surface area contributed by atoms with Crippen LogP contribution >= 0.6 is 22.9 Å². The number of halogens is 1. The molecular formula is C23H13ClO5S.